The van der Waals surface area contributed by atoms with Crippen LogP contribution in [-0.2, 0) is 4.74 Å². The smallest absolute Gasteiger partial charge is 0.338 e. The predicted molar refractivity (Wildman–Crippen MR) is 99.4 cm³/mol. The minimum absolute atomic E-state index is 0.390. The fourth-order valence-corrected chi connectivity index (χ4v) is 2.85. The van der Waals surface area contributed by atoms with Crippen molar-refractivity contribution >= 4 is 11.9 Å². The van der Waals surface area contributed by atoms with E-state index >= 15 is 0 Å². The van der Waals surface area contributed by atoms with Crippen molar-refractivity contribution in [2.45, 2.75) is 31.5 Å². The lowest BCUT2D eigenvalue weighted by Crippen LogP contribution is -2.42. The molecule has 0 spiro atoms. The van der Waals surface area contributed by atoms with E-state index < -0.39 is 71.3 Å². The molecule has 3 rings (SSSR count). The Hall–Kier alpha value is -3.39. The molecular formula is C18H19FN2O10. The van der Waals surface area contributed by atoms with Crippen LogP contribution in [-0.4, -0.2) is 71.9 Å². The van der Waals surface area contributed by atoms with E-state index in [2.05, 4.69) is 4.98 Å². The van der Waals surface area contributed by atoms with Crippen LogP contribution in [0.15, 0.2) is 34.0 Å². The number of ether oxygens (including phenoxy) is 1. The van der Waals surface area contributed by atoms with Crippen molar-refractivity contribution in [3.63, 3.8) is 0 Å². The molecule has 0 aliphatic carbocycles. The number of rotatable bonds is 4. The number of aliphatic hydroxyl groups is 3. The summed E-state index contributed by atoms with van der Waals surface area (Å²) in [5, 5.41) is 45.2. The van der Waals surface area contributed by atoms with Gasteiger partial charge in [0.25, 0.3) is 5.56 Å². The van der Waals surface area contributed by atoms with Crippen LogP contribution in [0.3, 0.4) is 0 Å². The number of aryl methyl sites for hydroxylation is 1. The maximum atomic E-state index is 13.2. The second kappa shape index (κ2) is 9.61. The van der Waals surface area contributed by atoms with E-state index in [1.807, 2.05) is 0 Å². The molecule has 1 fully saturated rings. The Morgan fingerprint density at radius 2 is 1.68 bits per heavy atom. The lowest BCUT2D eigenvalue weighted by atomic mass is 10.1. The second-order valence-electron chi connectivity index (χ2n) is 6.50. The lowest BCUT2D eigenvalue weighted by Gasteiger charge is -2.15. The quantitative estimate of drug-likeness (QED) is 0.330. The number of hydrogen-bond acceptors (Lipinski definition) is 8. The number of H-pyrrole nitrogens is 1. The van der Waals surface area contributed by atoms with Crippen molar-refractivity contribution in [2.24, 2.45) is 0 Å². The van der Waals surface area contributed by atoms with Crippen LogP contribution in [0.1, 0.15) is 32.5 Å². The van der Waals surface area contributed by atoms with Crippen LogP contribution in [0.25, 0.3) is 0 Å². The van der Waals surface area contributed by atoms with Gasteiger partial charge in [-0.3, -0.25) is 4.79 Å². The monoisotopic (exact) mass is 442 g/mol. The summed E-state index contributed by atoms with van der Waals surface area (Å²) in [4.78, 5) is 46.2. The molecule has 2 heterocycles. The zero-order chi connectivity index (χ0) is 23.5. The van der Waals surface area contributed by atoms with Gasteiger partial charge in [0.15, 0.2) is 12.0 Å². The highest BCUT2D eigenvalue weighted by Crippen LogP contribution is 2.27. The summed E-state index contributed by atoms with van der Waals surface area (Å²) in [6.45, 7) is 0.979. The Morgan fingerprint density at radius 1 is 1.13 bits per heavy atom. The van der Waals surface area contributed by atoms with Gasteiger partial charge >= 0.3 is 17.6 Å². The Bertz CT molecular complexity index is 1030. The highest BCUT2D eigenvalue weighted by Gasteiger charge is 2.44. The first kappa shape index (κ1) is 23.9. The number of nitrogens with zero attached hydrogens (tertiary/aromatic N) is 1. The van der Waals surface area contributed by atoms with Gasteiger partial charge in [-0.25, -0.2) is 23.3 Å². The van der Waals surface area contributed by atoms with Gasteiger partial charge in [-0.2, -0.15) is 0 Å². The van der Waals surface area contributed by atoms with Gasteiger partial charge in [0, 0.05) is 12.3 Å². The van der Waals surface area contributed by atoms with Crippen molar-refractivity contribution in [1.29, 1.82) is 0 Å². The Labute approximate surface area is 172 Å². The molecular weight excluding hydrogens is 423 g/mol. The third-order valence-corrected chi connectivity index (χ3v) is 4.34. The highest BCUT2D eigenvalue weighted by atomic mass is 19.1. The molecule has 2 aromatic rings. The van der Waals surface area contributed by atoms with Crippen LogP contribution in [0.5, 0.6) is 0 Å². The fourth-order valence-electron chi connectivity index (χ4n) is 2.85. The van der Waals surface area contributed by atoms with E-state index in [1.165, 1.54) is 13.1 Å². The van der Waals surface area contributed by atoms with Crippen molar-refractivity contribution in [2.75, 3.05) is 6.61 Å². The second-order valence-corrected chi connectivity index (χ2v) is 6.50. The molecule has 12 nitrogen and oxygen atoms in total. The van der Waals surface area contributed by atoms with E-state index in [9.17, 15) is 33.8 Å². The topological polar surface area (TPSA) is 199 Å². The average molecular weight is 442 g/mol. The zero-order valence-electron chi connectivity index (χ0n) is 15.9. The summed E-state index contributed by atoms with van der Waals surface area (Å²) in [6.07, 6.45) is -3.96. The first-order valence-corrected chi connectivity index (χ1v) is 8.69. The molecule has 1 saturated heterocycles. The number of hydrogen-bond donors (Lipinski definition) is 6. The molecule has 168 valence electrons. The van der Waals surface area contributed by atoms with Crippen molar-refractivity contribution < 1.29 is 44.2 Å². The number of carbonyl (C=O) groups is 2. The molecule has 0 amide bonds. The summed E-state index contributed by atoms with van der Waals surface area (Å²) < 4.78 is 18.9. The number of benzene rings is 1. The number of carboxylic acids is 2. The highest BCUT2D eigenvalue weighted by molar-refractivity contribution is 5.94. The predicted octanol–water partition coefficient (Wildman–Crippen LogP) is -1.32. The number of nitrogens with one attached hydrogen (secondary N) is 1. The average Bonchev–Trinajstić information content (AvgIpc) is 2.98. The van der Waals surface area contributed by atoms with E-state index in [0.29, 0.717) is 10.1 Å². The molecule has 0 bridgehead atoms. The molecule has 1 aromatic carbocycles. The molecule has 1 aliphatic heterocycles. The molecule has 31 heavy (non-hydrogen) atoms. The summed E-state index contributed by atoms with van der Waals surface area (Å²) in [5.41, 5.74) is -2.28. The summed E-state index contributed by atoms with van der Waals surface area (Å²) in [6, 6.07) is 3.27. The summed E-state index contributed by atoms with van der Waals surface area (Å²) in [5.74, 6) is -4.17. The largest absolute Gasteiger partial charge is 0.478 e. The van der Waals surface area contributed by atoms with E-state index in [4.69, 9.17) is 20.1 Å². The van der Waals surface area contributed by atoms with Gasteiger partial charge < -0.3 is 35.3 Å². The third kappa shape index (κ3) is 5.03. The normalized spacial score (nSPS) is 22.5. The van der Waals surface area contributed by atoms with Gasteiger partial charge in [-0.05, 0) is 24.6 Å². The van der Waals surface area contributed by atoms with E-state index in [0.717, 1.165) is 18.2 Å². The van der Waals surface area contributed by atoms with Gasteiger partial charge in [0.2, 0.25) is 0 Å². The molecule has 6 N–H and O–H groups in total. The molecule has 13 heteroatoms. The first-order chi connectivity index (χ1) is 14.5. The third-order valence-electron chi connectivity index (χ3n) is 4.34. The zero-order valence-corrected chi connectivity index (χ0v) is 15.9. The van der Waals surface area contributed by atoms with Crippen LogP contribution in [0.2, 0.25) is 0 Å². The van der Waals surface area contributed by atoms with Crippen molar-refractivity contribution in [1.82, 2.24) is 9.55 Å². The van der Waals surface area contributed by atoms with Crippen LogP contribution >= 0.6 is 0 Å². The number of aliphatic hydroxyl groups excluding tert-OH is 3. The molecule has 1 aliphatic rings. The summed E-state index contributed by atoms with van der Waals surface area (Å²) >= 11 is 0. The number of carboxylic acid groups (broad SMARTS) is 2. The molecule has 1 aromatic heterocycles. The van der Waals surface area contributed by atoms with Crippen molar-refractivity contribution in [3.8, 4) is 0 Å². The van der Waals surface area contributed by atoms with E-state index in [-0.39, 0.29) is 0 Å². The molecule has 0 unspecified atom stereocenters. The Balaban J connectivity index is 0.000000225. The Kier molecular flexibility index (Phi) is 7.41. The van der Waals surface area contributed by atoms with Gasteiger partial charge in [-0.15, -0.1) is 0 Å². The molecule has 0 radical (unpaired) electrons. The van der Waals surface area contributed by atoms with Crippen LogP contribution in [0, 0.1) is 12.7 Å². The van der Waals surface area contributed by atoms with Crippen LogP contribution in [0.4, 0.5) is 4.39 Å². The fraction of sp³-hybridized carbons (Fsp3) is 0.333. The van der Waals surface area contributed by atoms with Crippen molar-refractivity contribution in [3.05, 3.63) is 67.7 Å². The van der Waals surface area contributed by atoms with E-state index in [1.54, 1.807) is 0 Å². The SMILES string of the molecule is Cc1cc(C(=O)O)c(F)c(C(=O)O)c1.O=c1cc[nH]c(=O)n1[C@@H]1O[C@H](CO)[C@@H](O)[C@@H]1O. The summed E-state index contributed by atoms with van der Waals surface area (Å²) in [7, 11) is 0. The number of aromatic carboxylic acids is 2. The maximum absolute atomic E-state index is 13.2. The van der Waals surface area contributed by atoms with Gasteiger partial charge in [-0.1, -0.05) is 0 Å². The molecule has 0 saturated carbocycles. The number of halogens is 1. The maximum Gasteiger partial charge on any atom is 0.338 e. The minimum Gasteiger partial charge on any atom is -0.478 e. The molecule has 4 atom stereocenters. The Morgan fingerprint density at radius 3 is 2.10 bits per heavy atom. The van der Waals surface area contributed by atoms with Gasteiger partial charge in [0.05, 0.1) is 17.7 Å². The van der Waals surface area contributed by atoms with Gasteiger partial charge in [0.1, 0.15) is 18.3 Å². The number of aromatic amines is 1. The van der Waals surface area contributed by atoms with Crippen LogP contribution < -0.4 is 11.2 Å². The minimum atomic E-state index is -1.48. The standard InChI is InChI=1S/C9H7FO4.C9H12N2O6/c1-4-2-5(8(11)12)7(10)6(3-4)9(13)14;12-3-4-6(14)7(15)8(17-4)11-5(13)1-2-10-9(11)16/h2-3H,1H3,(H,11,12)(H,13,14);1-2,4,6-8,12,14-15H,3H2,(H,10,16)/t;4-,6-,7+,8-/m.1/s1. The number of aromatic nitrogens is 2. The first-order valence-electron chi connectivity index (χ1n) is 8.69. The lowest BCUT2D eigenvalue weighted by molar-refractivity contribution is -0.0564.